The third-order valence-electron chi connectivity index (χ3n) is 4.84. The highest BCUT2D eigenvalue weighted by molar-refractivity contribution is 6.31. The quantitative estimate of drug-likeness (QED) is 0.340. The summed E-state index contributed by atoms with van der Waals surface area (Å²) >= 11 is 5.79. The van der Waals surface area contributed by atoms with Gasteiger partial charge in [0.25, 0.3) is 0 Å². The Morgan fingerprint density at radius 3 is 2.29 bits per heavy atom. The van der Waals surface area contributed by atoms with Gasteiger partial charge in [0.05, 0.1) is 36.7 Å². The van der Waals surface area contributed by atoms with E-state index in [1.165, 1.54) is 6.92 Å². The van der Waals surface area contributed by atoms with Gasteiger partial charge in [0.15, 0.2) is 0 Å². The van der Waals surface area contributed by atoms with Crippen molar-refractivity contribution in [2.75, 3.05) is 24.9 Å². The Morgan fingerprint density at radius 1 is 1.12 bits per heavy atom. The van der Waals surface area contributed by atoms with Gasteiger partial charge in [-0.05, 0) is 62.4 Å². The number of imidazole rings is 1. The molecule has 7 nitrogen and oxygen atoms in total. The van der Waals surface area contributed by atoms with Crippen molar-refractivity contribution in [2.24, 2.45) is 7.05 Å². The zero-order chi connectivity index (χ0) is 25.4. The van der Waals surface area contributed by atoms with Crippen molar-refractivity contribution in [1.82, 2.24) is 9.55 Å². The maximum absolute atomic E-state index is 12.3. The molecule has 2 aromatic carbocycles. The van der Waals surface area contributed by atoms with E-state index in [0.717, 1.165) is 39.5 Å². The molecule has 0 unspecified atom stereocenters. The van der Waals surface area contributed by atoms with Crippen LogP contribution in [0.4, 0.5) is 17.3 Å². The fraction of sp³-hybridized carbons (Fsp3) is 0.231. The highest BCUT2D eigenvalue weighted by Crippen LogP contribution is 2.33. The molecule has 0 fully saturated rings. The number of nitrogens with zero attached hydrogens (tertiary/aromatic N) is 3. The summed E-state index contributed by atoms with van der Waals surface area (Å²) in [6.07, 6.45) is 3.53. The molecule has 1 aromatic heterocycles. The highest BCUT2D eigenvalue weighted by atomic mass is 35.5. The molecule has 1 heterocycles. The lowest BCUT2D eigenvalue weighted by molar-refractivity contribution is -0.115. The van der Waals surface area contributed by atoms with Gasteiger partial charge in [-0.3, -0.25) is 9.69 Å². The Labute approximate surface area is 205 Å². The van der Waals surface area contributed by atoms with Gasteiger partial charge in [-0.1, -0.05) is 29.8 Å². The van der Waals surface area contributed by atoms with Gasteiger partial charge in [-0.2, -0.15) is 0 Å². The minimum atomic E-state index is -0.0950. The van der Waals surface area contributed by atoms with Crippen LogP contribution in [0.25, 0.3) is 11.0 Å². The number of aryl methyl sites for hydroxylation is 1. The number of carbonyl (C=O) groups is 1. The first-order valence-corrected chi connectivity index (χ1v) is 10.9. The average Bonchev–Trinajstić information content (AvgIpc) is 3.08. The van der Waals surface area contributed by atoms with Crippen LogP contribution in [0.1, 0.15) is 20.8 Å². The number of rotatable bonds is 6. The van der Waals surface area contributed by atoms with Gasteiger partial charge in [0.1, 0.15) is 5.75 Å². The average molecular weight is 483 g/mol. The number of amides is 1. The monoisotopic (exact) mass is 482 g/mol. The molecule has 180 valence electrons. The lowest BCUT2D eigenvalue weighted by Gasteiger charge is -2.22. The van der Waals surface area contributed by atoms with Crippen LogP contribution in [-0.2, 0) is 16.6 Å². The van der Waals surface area contributed by atoms with E-state index in [4.69, 9.17) is 26.8 Å². The number of methoxy groups -OCH3 is 2. The van der Waals surface area contributed by atoms with E-state index in [9.17, 15) is 4.79 Å². The molecular formula is C26H31ClN4O3. The first kappa shape index (κ1) is 26.5. The number of halogens is 1. The number of fused-ring (bicyclic) bond motifs is 1. The first-order valence-electron chi connectivity index (χ1n) is 10.5. The van der Waals surface area contributed by atoms with Crippen LogP contribution >= 0.6 is 11.6 Å². The summed E-state index contributed by atoms with van der Waals surface area (Å²) < 4.78 is 11.9. The second-order valence-electron chi connectivity index (χ2n) is 7.56. The highest BCUT2D eigenvalue weighted by Gasteiger charge is 2.19. The van der Waals surface area contributed by atoms with Gasteiger partial charge in [0, 0.05) is 24.7 Å². The van der Waals surface area contributed by atoms with Crippen LogP contribution in [0, 0.1) is 0 Å². The van der Waals surface area contributed by atoms with Crippen LogP contribution in [0.5, 0.6) is 5.75 Å². The first-order chi connectivity index (χ1) is 16.1. The van der Waals surface area contributed by atoms with Crippen LogP contribution in [-0.4, -0.2) is 29.7 Å². The number of nitrogens with two attached hydrogens (primary N) is 1. The van der Waals surface area contributed by atoms with Crippen LogP contribution in [0.2, 0.25) is 0 Å². The minimum absolute atomic E-state index is 0.0950. The van der Waals surface area contributed by atoms with Crippen molar-refractivity contribution < 1.29 is 14.3 Å². The van der Waals surface area contributed by atoms with Crippen molar-refractivity contribution in [1.29, 1.82) is 0 Å². The number of benzene rings is 2. The fourth-order valence-electron chi connectivity index (χ4n) is 3.20. The molecule has 34 heavy (non-hydrogen) atoms. The molecule has 3 rings (SSSR count). The molecule has 8 heteroatoms. The number of hydrogen-bond acceptors (Lipinski definition) is 5. The molecule has 0 saturated heterocycles. The number of nitrogen functional groups attached to an aromatic ring is 1. The second kappa shape index (κ2) is 12.0. The SMILES string of the molecule is C=C(C)/C=C(Cl)\C=C(/C)OC.COc1ccc(N(C(C)=O)c2cccc3nc(N)n(C)c23)cc1. The van der Waals surface area contributed by atoms with Crippen molar-refractivity contribution >= 4 is 45.9 Å². The molecule has 0 bridgehead atoms. The molecule has 0 aliphatic rings. The number of hydrogen-bond donors (Lipinski definition) is 1. The maximum Gasteiger partial charge on any atom is 0.228 e. The summed E-state index contributed by atoms with van der Waals surface area (Å²) in [5.41, 5.74) is 9.90. The predicted octanol–water partition coefficient (Wildman–Crippen LogP) is 6.08. The van der Waals surface area contributed by atoms with Gasteiger partial charge >= 0.3 is 0 Å². The Morgan fingerprint density at radius 2 is 1.76 bits per heavy atom. The molecule has 0 radical (unpaired) electrons. The fourth-order valence-corrected chi connectivity index (χ4v) is 3.54. The van der Waals surface area contributed by atoms with Crippen molar-refractivity contribution in [3.63, 3.8) is 0 Å². The summed E-state index contributed by atoms with van der Waals surface area (Å²) in [5, 5.41) is 0.636. The third-order valence-corrected chi connectivity index (χ3v) is 5.06. The summed E-state index contributed by atoms with van der Waals surface area (Å²) in [4.78, 5) is 18.3. The van der Waals surface area contributed by atoms with Crippen molar-refractivity contribution in [3.05, 3.63) is 77.6 Å². The zero-order valence-electron chi connectivity index (χ0n) is 20.4. The Balaban J connectivity index is 0.000000316. The van der Waals surface area contributed by atoms with E-state index in [2.05, 4.69) is 11.6 Å². The Bertz CT molecular complexity index is 1230. The lowest BCUT2D eigenvalue weighted by atomic mass is 10.2. The molecule has 3 aromatic rings. The molecule has 0 aliphatic carbocycles. The largest absolute Gasteiger partial charge is 0.501 e. The standard InChI is InChI=1S/C17H18N4O2.C9H13ClO/c1-11(22)21(12-7-9-13(23-3)10-8-12)15-6-4-5-14-16(15)20(2)17(18)19-14;1-7(2)5-9(10)6-8(3)11-4/h4-10H,1-3H3,(H2,18,19);5-6H,1H2,2-4H3/b;8-6+,9-5+. The third kappa shape index (κ3) is 6.65. The molecule has 1 amide bonds. The van der Waals surface area contributed by atoms with E-state index in [1.807, 2.05) is 63.4 Å². The number of carbonyl (C=O) groups excluding carboxylic acids is 1. The van der Waals surface area contributed by atoms with Crippen LogP contribution < -0.4 is 15.4 Å². The number of ether oxygens (including phenoxy) is 2. The van der Waals surface area contributed by atoms with E-state index < -0.39 is 0 Å². The normalized spacial score (nSPS) is 11.5. The summed E-state index contributed by atoms with van der Waals surface area (Å²) in [6.45, 7) is 8.96. The minimum Gasteiger partial charge on any atom is -0.501 e. The van der Waals surface area contributed by atoms with E-state index in [0.29, 0.717) is 11.0 Å². The maximum atomic E-state index is 12.3. The van der Waals surface area contributed by atoms with Crippen molar-refractivity contribution in [2.45, 2.75) is 20.8 Å². The summed E-state index contributed by atoms with van der Waals surface area (Å²) in [7, 11) is 5.05. The molecule has 0 saturated carbocycles. The number of aromatic nitrogens is 2. The number of para-hydroxylation sites is 1. The number of anilines is 3. The second-order valence-corrected chi connectivity index (χ2v) is 8.00. The van der Waals surface area contributed by atoms with Gasteiger partial charge in [-0.25, -0.2) is 4.98 Å². The van der Waals surface area contributed by atoms with Gasteiger partial charge < -0.3 is 19.8 Å². The Hall–Kier alpha value is -3.71. The molecule has 0 aliphatic heterocycles. The van der Waals surface area contributed by atoms with Crippen molar-refractivity contribution in [3.8, 4) is 5.75 Å². The molecule has 0 atom stereocenters. The van der Waals surface area contributed by atoms with E-state index in [1.54, 1.807) is 35.8 Å². The summed E-state index contributed by atoms with van der Waals surface area (Å²) in [6, 6.07) is 13.0. The molecule has 0 spiro atoms. The van der Waals surface area contributed by atoms with Gasteiger partial charge in [-0.15, -0.1) is 0 Å². The van der Waals surface area contributed by atoms with E-state index in [-0.39, 0.29) is 5.91 Å². The molecular weight excluding hydrogens is 452 g/mol. The Kier molecular flexibility index (Phi) is 9.33. The number of allylic oxidation sites excluding steroid dienone is 5. The molecule has 2 N–H and O–H groups in total. The summed E-state index contributed by atoms with van der Waals surface area (Å²) in [5.74, 6) is 1.83. The van der Waals surface area contributed by atoms with E-state index >= 15 is 0 Å². The zero-order valence-corrected chi connectivity index (χ0v) is 21.2. The topological polar surface area (TPSA) is 82.6 Å². The van der Waals surface area contributed by atoms with Gasteiger partial charge in [0.2, 0.25) is 11.9 Å². The smallest absolute Gasteiger partial charge is 0.228 e. The predicted molar refractivity (Wildman–Crippen MR) is 140 cm³/mol. The lowest BCUT2D eigenvalue weighted by Crippen LogP contribution is -2.23. The van der Waals surface area contributed by atoms with Crippen LogP contribution in [0.3, 0.4) is 0 Å². The van der Waals surface area contributed by atoms with Crippen LogP contribution in [0.15, 0.2) is 77.6 Å².